The number of sulfonamides is 1. The molecule has 1 aromatic rings. The molecule has 2 rings (SSSR count). The SMILES string of the molecule is CCN1CCC(N(C)S(=O)(=O)c2ccc(=O)[nH]c2)CC1. The van der Waals surface area contributed by atoms with Gasteiger partial charge in [-0.15, -0.1) is 0 Å². The number of likely N-dealkylation sites (tertiary alicyclic amines) is 1. The lowest BCUT2D eigenvalue weighted by Gasteiger charge is -2.35. The average Bonchev–Trinajstić information content (AvgIpc) is 2.47. The zero-order chi connectivity index (χ0) is 14.8. The highest BCUT2D eigenvalue weighted by molar-refractivity contribution is 7.89. The van der Waals surface area contributed by atoms with E-state index in [0.717, 1.165) is 32.5 Å². The number of rotatable bonds is 4. The van der Waals surface area contributed by atoms with E-state index in [2.05, 4.69) is 16.8 Å². The zero-order valence-corrected chi connectivity index (χ0v) is 12.7. The summed E-state index contributed by atoms with van der Waals surface area (Å²) in [5, 5.41) is 0. The van der Waals surface area contributed by atoms with Gasteiger partial charge >= 0.3 is 0 Å². The number of nitrogens with one attached hydrogen (secondary N) is 1. The van der Waals surface area contributed by atoms with Crippen LogP contribution in [0, 0.1) is 0 Å². The molecule has 0 aromatic carbocycles. The second kappa shape index (κ2) is 6.07. The molecule has 2 heterocycles. The molecule has 1 aliphatic rings. The Kier molecular flexibility index (Phi) is 4.62. The summed E-state index contributed by atoms with van der Waals surface area (Å²) in [6.07, 6.45) is 2.94. The molecule has 1 aliphatic heterocycles. The Hall–Kier alpha value is -1.18. The van der Waals surface area contributed by atoms with Gasteiger partial charge in [0, 0.05) is 25.4 Å². The Bertz CT molecular complexity index is 583. The number of aromatic nitrogens is 1. The highest BCUT2D eigenvalue weighted by Gasteiger charge is 2.30. The largest absolute Gasteiger partial charge is 0.328 e. The van der Waals surface area contributed by atoms with Gasteiger partial charge in [-0.25, -0.2) is 8.42 Å². The predicted octanol–water partition coefficient (Wildman–Crippen LogP) is 0.480. The van der Waals surface area contributed by atoms with Gasteiger partial charge in [-0.05, 0) is 38.5 Å². The van der Waals surface area contributed by atoms with Crippen LogP contribution in [0.4, 0.5) is 0 Å². The number of hydrogen-bond acceptors (Lipinski definition) is 4. The average molecular weight is 299 g/mol. The maximum Gasteiger partial charge on any atom is 0.247 e. The summed E-state index contributed by atoms with van der Waals surface area (Å²) in [6, 6.07) is 2.61. The highest BCUT2D eigenvalue weighted by Crippen LogP contribution is 2.21. The number of piperidine rings is 1. The molecular weight excluding hydrogens is 278 g/mol. The summed E-state index contributed by atoms with van der Waals surface area (Å²) in [5.41, 5.74) is -0.303. The van der Waals surface area contributed by atoms with E-state index in [0.29, 0.717) is 0 Å². The summed E-state index contributed by atoms with van der Waals surface area (Å²) < 4.78 is 26.4. The molecule has 20 heavy (non-hydrogen) atoms. The second-order valence-electron chi connectivity index (χ2n) is 5.08. The van der Waals surface area contributed by atoms with Crippen LogP contribution >= 0.6 is 0 Å². The molecule has 0 bridgehead atoms. The van der Waals surface area contributed by atoms with Gasteiger partial charge in [-0.1, -0.05) is 6.92 Å². The van der Waals surface area contributed by atoms with Crippen LogP contribution in [-0.4, -0.2) is 55.3 Å². The van der Waals surface area contributed by atoms with E-state index in [-0.39, 0.29) is 16.5 Å². The lowest BCUT2D eigenvalue weighted by atomic mass is 10.1. The minimum absolute atomic E-state index is 0.0229. The molecule has 0 amide bonds. The van der Waals surface area contributed by atoms with Crippen molar-refractivity contribution < 1.29 is 8.42 Å². The third-order valence-electron chi connectivity index (χ3n) is 3.95. The van der Waals surface area contributed by atoms with Gasteiger partial charge in [0.2, 0.25) is 15.6 Å². The third-order valence-corrected chi connectivity index (χ3v) is 5.86. The molecule has 1 aromatic heterocycles. The number of pyridine rings is 1. The lowest BCUT2D eigenvalue weighted by Crippen LogP contribution is -2.45. The van der Waals surface area contributed by atoms with Gasteiger partial charge in [0.05, 0.1) is 4.90 Å². The summed E-state index contributed by atoms with van der Waals surface area (Å²) in [7, 11) is -1.92. The van der Waals surface area contributed by atoms with Gasteiger partial charge < -0.3 is 9.88 Å². The van der Waals surface area contributed by atoms with Crippen molar-refractivity contribution in [3.05, 3.63) is 28.7 Å². The van der Waals surface area contributed by atoms with Crippen LogP contribution in [0.3, 0.4) is 0 Å². The van der Waals surface area contributed by atoms with E-state index in [1.54, 1.807) is 7.05 Å². The zero-order valence-electron chi connectivity index (χ0n) is 11.9. The first-order chi connectivity index (χ1) is 9.45. The molecule has 0 saturated carbocycles. The lowest BCUT2D eigenvalue weighted by molar-refractivity contribution is 0.176. The van der Waals surface area contributed by atoms with E-state index < -0.39 is 10.0 Å². The van der Waals surface area contributed by atoms with E-state index in [1.807, 2.05) is 0 Å². The molecule has 112 valence electrons. The van der Waals surface area contributed by atoms with E-state index in [1.165, 1.54) is 22.6 Å². The summed E-state index contributed by atoms with van der Waals surface area (Å²) >= 11 is 0. The van der Waals surface area contributed by atoms with Gasteiger partial charge in [-0.2, -0.15) is 4.31 Å². The van der Waals surface area contributed by atoms with Crippen molar-refractivity contribution in [1.29, 1.82) is 0 Å². The van der Waals surface area contributed by atoms with Crippen molar-refractivity contribution in [3.63, 3.8) is 0 Å². The Labute approximate surface area is 119 Å². The number of nitrogens with zero attached hydrogens (tertiary/aromatic N) is 2. The number of H-pyrrole nitrogens is 1. The van der Waals surface area contributed by atoms with Gasteiger partial charge in [0.1, 0.15) is 0 Å². The fourth-order valence-electron chi connectivity index (χ4n) is 2.52. The van der Waals surface area contributed by atoms with Crippen molar-refractivity contribution >= 4 is 10.0 Å². The van der Waals surface area contributed by atoms with Crippen LogP contribution in [0.15, 0.2) is 28.0 Å². The molecule has 0 unspecified atom stereocenters. The Morgan fingerprint density at radius 1 is 1.35 bits per heavy atom. The molecule has 1 saturated heterocycles. The molecule has 7 heteroatoms. The minimum Gasteiger partial charge on any atom is -0.328 e. The van der Waals surface area contributed by atoms with Crippen LogP contribution in [0.5, 0.6) is 0 Å². The summed E-state index contributed by atoms with van der Waals surface area (Å²) in [6.45, 7) is 4.96. The highest BCUT2D eigenvalue weighted by atomic mass is 32.2. The molecule has 0 atom stereocenters. The molecule has 1 N–H and O–H groups in total. The third kappa shape index (κ3) is 3.11. The fourth-order valence-corrected chi connectivity index (χ4v) is 3.90. The number of hydrogen-bond donors (Lipinski definition) is 1. The molecule has 0 radical (unpaired) electrons. The maximum absolute atomic E-state index is 12.5. The smallest absolute Gasteiger partial charge is 0.247 e. The van der Waals surface area contributed by atoms with Crippen LogP contribution in [-0.2, 0) is 10.0 Å². The van der Waals surface area contributed by atoms with Crippen molar-refractivity contribution in [3.8, 4) is 0 Å². The molecule has 0 spiro atoms. The van der Waals surface area contributed by atoms with Crippen molar-refractivity contribution in [2.24, 2.45) is 0 Å². The van der Waals surface area contributed by atoms with Crippen LogP contribution in [0.1, 0.15) is 19.8 Å². The minimum atomic E-state index is -3.53. The molecule has 0 aliphatic carbocycles. The normalized spacial score (nSPS) is 18.6. The first-order valence-electron chi connectivity index (χ1n) is 6.84. The predicted molar refractivity (Wildman–Crippen MR) is 77.1 cm³/mol. The molecular formula is C13H21N3O3S. The quantitative estimate of drug-likeness (QED) is 0.877. The fraction of sp³-hybridized carbons (Fsp3) is 0.615. The van der Waals surface area contributed by atoms with Crippen molar-refractivity contribution in [2.45, 2.75) is 30.7 Å². The van der Waals surface area contributed by atoms with Crippen molar-refractivity contribution in [2.75, 3.05) is 26.7 Å². The maximum atomic E-state index is 12.5. The van der Waals surface area contributed by atoms with Crippen molar-refractivity contribution in [1.82, 2.24) is 14.2 Å². The second-order valence-corrected chi connectivity index (χ2v) is 7.07. The van der Waals surface area contributed by atoms with Gasteiger partial charge in [0.25, 0.3) is 0 Å². The molecule has 1 fully saturated rings. The number of aromatic amines is 1. The topological polar surface area (TPSA) is 73.5 Å². The Morgan fingerprint density at radius 2 is 2.00 bits per heavy atom. The van der Waals surface area contributed by atoms with Crippen LogP contribution < -0.4 is 5.56 Å². The first kappa shape index (κ1) is 15.2. The summed E-state index contributed by atoms with van der Waals surface area (Å²) in [5.74, 6) is 0. The standard InChI is InChI=1S/C13H21N3O3S/c1-3-16-8-6-11(7-9-16)15(2)20(18,19)12-4-5-13(17)14-10-12/h4-5,10-11H,3,6-9H2,1-2H3,(H,14,17). The monoisotopic (exact) mass is 299 g/mol. The van der Waals surface area contributed by atoms with E-state index >= 15 is 0 Å². The molecule has 6 nitrogen and oxygen atoms in total. The summed E-state index contributed by atoms with van der Waals surface area (Å²) in [4.78, 5) is 15.9. The van der Waals surface area contributed by atoms with E-state index in [9.17, 15) is 13.2 Å². The van der Waals surface area contributed by atoms with Crippen LogP contribution in [0.2, 0.25) is 0 Å². The first-order valence-corrected chi connectivity index (χ1v) is 8.28. The van der Waals surface area contributed by atoms with Crippen LogP contribution in [0.25, 0.3) is 0 Å². The van der Waals surface area contributed by atoms with Gasteiger partial charge in [0.15, 0.2) is 0 Å². The van der Waals surface area contributed by atoms with E-state index in [4.69, 9.17) is 0 Å². The Balaban J connectivity index is 2.13. The Morgan fingerprint density at radius 3 is 2.50 bits per heavy atom. The van der Waals surface area contributed by atoms with Gasteiger partial charge in [-0.3, -0.25) is 4.79 Å².